The second-order valence-electron chi connectivity index (χ2n) is 8.39. The molecule has 0 aliphatic carbocycles. The van der Waals surface area contributed by atoms with Gasteiger partial charge in [0.15, 0.2) is 0 Å². The molecule has 2 atom stereocenters. The van der Waals surface area contributed by atoms with E-state index in [2.05, 4.69) is 106 Å². The lowest BCUT2D eigenvalue weighted by atomic mass is 9.98. The minimum Gasteiger partial charge on any atom is -0.491 e. The highest BCUT2D eigenvalue weighted by Gasteiger charge is 2.15. The Morgan fingerprint density at radius 1 is 0.767 bits per heavy atom. The topological polar surface area (TPSA) is 12.5 Å². The summed E-state index contributed by atoms with van der Waals surface area (Å²) in [6.45, 7) is 11.0. The third kappa shape index (κ3) is 5.66. The summed E-state index contributed by atoms with van der Waals surface area (Å²) in [6.07, 6.45) is 3.49. The van der Waals surface area contributed by atoms with Crippen LogP contribution in [-0.2, 0) is 6.42 Å². The standard InChI is InChI=1S/C28H35NO/c1-6-21(3)18-24-10-8-11-26(19-24)29(25-16-14-22(4)15-17-25)27-12-9-13-28(20-27)30-23(5)7-2/h8-17,19-21,23H,6-7,18H2,1-5H3. The van der Waals surface area contributed by atoms with Gasteiger partial charge in [0.05, 0.1) is 6.10 Å². The molecule has 2 nitrogen and oxygen atoms in total. The zero-order valence-corrected chi connectivity index (χ0v) is 19.1. The summed E-state index contributed by atoms with van der Waals surface area (Å²) >= 11 is 0. The Labute approximate surface area is 182 Å². The van der Waals surface area contributed by atoms with Crippen LogP contribution in [-0.4, -0.2) is 6.10 Å². The van der Waals surface area contributed by atoms with E-state index >= 15 is 0 Å². The lowest BCUT2D eigenvalue weighted by molar-refractivity contribution is 0.217. The Hall–Kier alpha value is -2.74. The number of anilines is 3. The molecule has 2 unspecified atom stereocenters. The average Bonchev–Trinajstić information content (AvgIpc) is 2.75. The number of nitrogens with zero attached hydrogens (tertiary/aromatic N) is 1. The smallest absolute Gasteiger partial charge is 0.121 e. The van der Waals surface area contributed by atoms with Gasteiger partial charge in [-0.25, -0.2) is 0 Å². The third-order valence-electron chi connectivity index (χ3n) is 5.73. The molecule has 0 spiro atoms. The van der Waals surface area contributed by atoms with Crippen LogP contribution in [0.3, 0.4) is 0 Å². The van der Waals surface area contributed by atoms with Gasteiger partial charge in [-0.3, -0.25) is 0 Å². The highest BCUT2D eigenvalue weighted by atomic mass is 16.5. The Morgan fingerprint density at radius 3 is 2.10 bits per heavy atom. The van der Waals surface area contributed by atoms with E-state index in [1.54, 1.807) is 0 Å². The Balaban J connectivity index is 2.03. The van der Waals surface area contributed by atoms with Crippen molar-refractivity contribution in [1.29, 1.82) is 0 Å². The number of hydrogen-bond acceptors (Lipinski definition) is 2. The Morgan fingerprint density at radius 2 is 1.43 bits per heavy atom. The molecule has 0 aliphatic heterocycles. The van der Waals surface area contributed by atoms with E-state index < -0.39 is 0 Å². The Kier molecular flexibility index (Phi) is 7.57. The summed E-state index contributed by atoms with van der Waals surface area (Å²) in [5, 5.41) is 0. The molecule has 0 saturated heterocycles. The fourth-order valence-corrected chi connectivity index (χ4v) is 3.52. The van der Waals surface area contributed by atoms with Crippen LogP contribution in [0.2, 0.25) is 0 Å². The lowest BCUT2D eigenvalue weighted by Crippen LogP contribution is -2.12. The summed E-state index contributed by atoms with van der Waals surface area (Å²) in [6, 6.07) is 26.1. The van der Waals surface area contributed by atoms with Gasteiger partial charge >= 0.3 is 0 Å². The summed E-state index contributed by atoms with van der Waals surface area (Å²) in [5.74, 6) is 1.59. The first kappa shape index (κ1) is 22.0. The first-order valence-electron chi connectivity index (χ1n) is 11.2. The number of aryl methyl sites for hydroxylation is 1. The molecule has 0 amide bonds. The van der Waals surface area contributed by atoms with Gasteiger partial charge in [-0.2, -0.15) is 0 Å². The first-order chi connectivity index (χ1) is 14.5. The van der Waals surface area contributed by atoms with Crippen LogP contribution < -0.4 is 9.64 Å². The SMILES string of the molecule is CCC(C)Cc1cccc(N(c2ccc(C)cc2)c2cccc(OC(C)CC)c2)c1. The minimum absolute atomic E-state index is 0.201. The van der Waals surface area contributed by atoms with E-state index in [0.717, 1.165) is 30.0 Å². The minimum atomic E-state index is 0.201. The molecule has 2 heteroatoms. The zero-order chi connectivity index (χ0) is 21.5. The normalized spacial score (nSPS) is 13.0. The van der Waals surface area contributed by atoms with Crippen molar-refractivity contribution in [2.24, 2.45) is 5.92 Å². The second kappa shape index (κ2) is 10.3. The number of hydrogen-bond donors (Lipinski definition) is 0. The van der Waals surface area contributed by atoms with Gasteiger partial charge in [-0.05, 0) is 74.6 Å². The van der Waals surface area contributed by atoms with Crippen molar-refractivity contribution in [3.05, 3.63) is 83.9 Å². The van der Waals surface area contributed by atoms with E-state index in [0.29, 0.717) is 5.92 Å². The van der Waals surface area contributed by atoms with E-state index in [4.69, 9.17) is 4.74 Å². The maximum absolute atomic E-state index is 6.11. The molecule has 0 saturated carbocycles. The van der Waals surface area contributed by atoms with Gasteiger partial charge in [0.25, 0.3) is 0 Å². The van der Waals surface area contributed by atoms with Gasteiger partial charge in [-0.1, -0.05) is 63.1 Å². The Bertz CT molecular complexity index is 876. The fraction of sp³-hybridized carbons (Fsp3) is 0.357. The van der Waals surface area contributed by atoms with E-state index in [1.807, 2.05) is 6.07 Å². The molecule has 0 radical (unpaired) electrons. The van der Waals surface area contributed by atoms with Crippen molar-refractivity contribution in [1.82, 2.24) is 0 Å². The number of benzene rings is 3. The molecule has 3 rings (SSSR count). The van der Waals surface area contributed by atoms with Crippen LogP contribution in [0.15, 0.2) is 72.8 Å². The fourth-order valence-electron chi connectivity index (χ4n) is 3.52. The second-order valence-corrected chi connectivity index (χ2v) is 8.39. The molecule has 0 fully saturated rings. The molecule has 0 aromatic heterocycles. The summed E-state index contributed by atoms with van der Waals surface area (Å²) < 4.78 is 6.11. The maximum atomic E-state index is 6.11. The van der Waals surface area contributed by atoms with Crippen LogP contribution >= 0.6 is 0 Å². The van der Waals surface area contributed by atoms with E-state index in [-0.39, 0.29) is 6.10 Å². The van der Waals surface area contributed by atoms with Crippen LogP contribution in [0.4, 0.5) is 17.1 Å². The van der Waals surface area contributed by atoms with Crippen molar-refractivity contribution < 1.29 is 4.74 Å². The van der Waals surface area contributed by atoms with Crippen molar-refractivity contribution >= 4 is 17.1 Å². The molecule has 0 bridgehead atoms. The highest BCUT2D eigenvalue weighted by molar-refractivity contribution is 5.77. The molecule has 0 aliphatic rings. The maximum Gasteiger partial charge on any atom is 0.121 e. The van der Waals surface area contributed by atoms with Gasteiger partial charge in [0.1, 0.15) is 5.75 Å². The molecule has 30 heavy (non-hydrogen) atoms. The van der Waals surface area contributed by atoms with E-state index in [9.17, 15) is 0 Å². The number of rotatable bonds is 9. The lowest BCUT2D eigenvalue weighted by Gasteiger charge is -2.27. The molecule has 0 N–H and O–H groups in total. The van der Waals surface area contributed by atoms with E-state index in [1.165, 1.54) is 23.2 Å². The highest BCUT2D eigenvalue weighted by Crippen LogP contribution is 2.37. The summed E-state index contributed by atoms with van der Waals surface area (Å²) in [5.41, 5.74) is 6.09. The zero-order valence-electron chi connectivity index (χ0n) is 19.1. The predicted octanol–water partition coefficient (Wildman–Crippen LogP) is 8.23. The summed E-state index contributed by atoms with van der Waals surface area (Å²) in [7, 11) is 0. The van der Waals surface area contributed by atoms with Crippen molar-refractivity contribution in [3.63, 3.8) is 0 Å². The summed E-state index contributed by atoms with van der Waals surface area (Å²) in [4.78, 5) is 2.32. The quantitative estimate of drug-likeness (QED) is 0.358. The van der Waals surface area contributed by atoms with Gasteiger partial charge in [0.2, 0.25) is 0 Å². The van der Waals surface area contributed by atoms with Crippen LogP contribution in [0.1, 0.15) is 51.7 Å². The van der Waals surface area contributed by atoms with Crippen LogP contribution in [0.25, 0.3) is 0 Å². The monoisotopic (exact) mass is 401 g/mol. The molecular formula is C28H35NO. The van der Waals surface area contributed by atoms with Crippen molar-refractivity contribution in [2.75, 3.05) is 4.90 Å². The molecule has 0 heterocycles. The van der Waals surface area contributed by atoms with Gasteiger partial charge < -0.3 is 9.64 Å². The van der Waals surface area contributed by atoms with Gasteiger partial charge in [0, 0.05) is 23.1 Å². The average molecular weight is 402 g/mol. The van der Waals surface area contributed by atoms with Crippen LogP contribution in [0, 0.1) is 12.8 Å². The predicted molar refractivity (Wildman–Crippen MR) is 129 cm³/mol. The molecule has 3 aromatic carbocycles. The molecule has 158 valence electrons. The molecular weight excluding hydrogens is 366 g/mol. The first-order valence-corrected chi connectivity index (χ1v) is 11.2. The number of ether oxygens (including phenoxy) is 1. The van der Waals surface area contributed by atoms with Crippen molar-refractivity contribution in [3.8, 4) is 5.75 Å². The molecule has 3 aromatic rings. The largest absolute Gasteiger partial charge is 0.491 e. The van der Waals surface area contributed by atoms with Crippen molar-refractivity contribution in [2.45, 2.75) is 60.0 Å². The van der Waals surface area contributed by atoms with Crippen LogP contribution in [0.5, 0.6) is 5.75 Å². The third-order valence-corrected chi connectivity index (χ3v) is 5.73. The van der Waals surface area contributed by atoms with Gasteiger partial charge in [-0.15, -0.1) is 0 Å².